The maximum atomic E-state index is 12.5. The second kappa shape index (κ2) is 4.25. The fourth-order valence-electron chi connectivity index (χ4n) is 2.54. The number of hydrogen-bond donors (Lipinski definition) is 1. The van der Waals surface area contributed by atoms with Crippen LogP contribution in [-0.4, -0.2) is 35.3 Å². The van der Waals surface area contributed by atoms with Gasteiger partial charge in [0.05, 0.1) is 6.54 Å². The number of carbonyl (C=O) groups is 2. The Morgan fingerprint density at radius 2 is 1.94 bits per heavy atom. The van der Waals surface area contributed by atoms with Gasteiger partial charge >= 0.3 is 0 Å². The molecule has 2 rings (SSSR count). The number of hydrogen-bond acceptors (Lipinski definition) is 2. The molecule has 1 atom stereocenters. The molecule has 0 radical (unpaired) electrons. The van der Waals surface area contributed by atoms with Crippen LogP contribution in [0, 0.1) is 11.3 Å². The van der Waals surface area contributed by atoms with Crippen molar-refractivity contribution < 1.29 is 9.59 Å². The third-order valence-corrected chi connectivity index (χ3v) is 3.99. The summed E-state index contributed by atoms with van der Waals surface area (Å²) in [5.74, 6) is 0.429. The van der Waals surface area contributed by atoms with Crippen molar-refractivity contribution in [1.29, 1.82) is 0 Å². The van der Waals surface area contributed by atoms with Crippen molar-refractivity contribution in [3.63, 3.8) is 0 Å². The highest BCUT2D eigenvalue weighted by molar-refractivity contribution is 5.98. The van der Waals surface area contributed by atoms with Crippen LogP contribution < -0.4 is 5.32 Å². The van der Waals surface area contributed by atoms with Gasteiger partial charge in [-0.25, -0.2) is 0 Å². The molecule has 1 saturated heterocycles. The van der Waals surface area contributed by atoms with Gasteiger partial charge in [0.15, 0.2) is 0 Å². The molecule has 0 aromatic heterocycles. The Bertz CT molecular complexity index is 368. The lowest BCUT2D eigenvalue weighted by molar-refractivity contribution is -0.150. The molecule has 2 fully saturated rings. The normalized spacial score (nSPS) is 29.4. The second-order valence-electron chi connectivity index (χ2n) is 7.06. The van der Waals surface area contributed by atoms with E-state index >= 15 is 0 Å². The Balaban J connectivity index is 2.06. The molecule has 4 heteroatoms. The van der Waals surface area contributed by atoms with Crippen molar-refractivity contribution >= 4 is 11.8 Å². The largest absolute Gasteiger partial charge is 0.340 e. The second-order valence-corrected chi connectivity index (χ2v) is 7.06. The summed E-state index contributed by atoms with van der Waals surface area (Å²) in [7, 11) is 0. The Morgan fingerprint density at radius 3 is 2.44 bits per heavy atom. The van der Waals surface area contributed by atoms with E-state index in [-0.39, 0.29) is 23.8 Å². The van der Waals surface area contributed by atoms with Crippen LogP contribution in [0.3, 0.4) is 0 Å². The molecule has 0 bridgehead atoms. The quantitative estimate of drug-likeness (QED) is 0.828. The Morgan fingerprint density at radius 1 is 1.33 bits per heavy atom. The van der Waals surface area contributed by atoms with E-state index in [1.807, 2.05) is 6.92 Å². The lowest BCUT2D eigenvalue weighted by Gasteiger charge is -2.40. The van der Waals surface area contributed by atoms with Gasteiger partial charge in [-0.15, -0.1) is 0 Å². The predicted molar refractivity (Wildman–Crippen MR) is 69.9 cm³/mol. The van der Waals surface area contributed by atoms with Gasteiger partial charge in [0.25, 0.3) is 0 Å². The van der Waals surface area contributed by atoms with Crippen LogP contribution >= 0.6 is 0 Å². The van der Waals surface area contributed by atoms with Crippen LogP contribution in [0.15, 0.2) is 0 Å². The highest BCUT2D eigenvalue weighted by atomic mass is 16.2. The molecule has 1 unspecified atom stereocenters. The van der Waals surface area contributed by atoms with Gasteiger partial charge in [0.1, 0.15) is 5.54 Å². The van der Waals surface area contributed by atoms with Gasteiger partial charge in [-0.2, -0.15) is 0 Å². The molecule has 2 amide bonds. The van der Waals surface area contributed by atoms with Crippen LogP contribution in [0.4, 0.5) is 0 Å². The van der Waals surface area contributed by atoms with Gasteiger partial charge in [-0.05, 0) is 37.5 Å². The average molecular weight is 252 g/mol. The van der Waals surface area contributed by atoms with Crippen LogP contribution in [0.1, 0.15) is 47.0 Å². The van der Waals surface area contributed by atoms with Crippen LogP contribution in [0.25, 0.3) is 0 Å². The zero-order valence-electron chi connectivity index (χ0n) is 11.9. The number of carbonyl (C=O) groups excluding carboxylic acids is 2. The Kier molecular flexibility index (Phi) is 3.16. The summed E-state index contributed by atoms with van der Waals surface area (Å²) >= 11 is 0. The maximum Gasteiger partial charge on any atom is 0.248 e. The third kappa shape index (κ3) is 2.68. The molecule has 18 heavy (non-hydrogen) atoms. The van der Waals surface area contributed by atoms with E-state index in [0.717, 1.165) is 19.3 Å². The van der Waals surface area contributed by atoms with Gasteiger partial charge in [0, 0.05) is 6.54 Å². The van der Waals surface area contributed by atoms with Crippen LogP contribution in [-0.2, 0) is 9.59 Å². The van der Waals surface area contributed by atoms with E-state index in [9.17, 15) is 9.59 Å². The number of nitrogens with zero attached hydrogens (tertiary/aromatic N) is 1. The standard InChI is InChI=1S/C14H24N2O2/c1-13(2,3)7-8-16-9-11(17)15-14(4,12(16)18)10-5-6-10/h10H,5-9H2,1-4H3,(H,15,17). The number of amides is 2. The topological polar surface area (TPSA) is 49.4 Å². The first-order valence-electron chi connectivity index (χ1n) is 6.83. The van der Waals surface area contributed by atoms with Gasteiger partial charge in [0.2, 0.25) is 11.8 Å². The zero-order valence-corrected chi connectivity index (χ0v) is 11.9. The molecule has 4 nitrogen and oxygen atoms in total. The summed E-state index contributed by atoms with van der Waals surface area (Å²) in [6.45, 7) is 9.24. The van der Waals surface area contributed by atoms with Crippen LogP contribution in [0.5, 0.6) is 0 Å². The maximum absolute atomic E-state index is 12.5. The first-order chi connectivity index (χ1) is 8.22. The fourth-order valence-corrected chi connectivity index (χ4v) is 2.54. The summed E-state index contributed by atoms with van der Waals surface area (Å²) in [5, 5.41) is 2.90. The Hall–Kier alpha value is -1.06. The van der Waals surface area contributed by atoms with Gasteiger partial charge in [-0.1, -0.05) is 20.8 Å². The average Bonchev–Trinajstić information content (AvgIpc) is 3.03. The molecule has 1 saturated carbocycles. The van der Waals surface area contributed by atoms with Gasteiger partial charge < -0.3 is 10.2 Å². The molecule has 2 aliphatic rings. The molecule has 1 N–H and O–H groups in total. The van der Waals surface area contributed by atoms with E-state index in [1.54, 1.807) is 4.90 Å². The first-order valence-corrected chi connectivity index (χ1v) is 6.83. The highest BCUT2D eigenvalue weighted by Gasteiger charge is 2.52. The molecular formula is C14H24N2O2. The van der Waals surface area contributed by atoms with E-state index in [1.165, 1.54) is 0 Å². The minimum atomic E-state index is -0.646. The molecule has 0 spiro atoms. The lowest BCUT2D eigenvalue weighted by atomic mass is 9.89. The molecular weight excluding hydrogens is 228 g/mol. The molecule has 1 aliphatic heterocycles. The minimum absolute atomic E-state index is 0.0158. The monoisotopic (exact) mass is 252 g/mol. The van der Waals surface area contributed by atoms with Crippen LogP contribution in [0.2, 0.25) is 0 Å². The summed E-state index contributed by atoms with van der Waals surface area (Å²) in [6.07, 6.45) is 3.03. The van der Waals surface area contributed by atoms with Gasteiger partial charge in [-0.3, -0.25) is 9.59 Å². The Labute approximate surface area is 109 Å². The van der Waals surface area contributed by atoms with E-state index in [4.69, 9.17) is 0 Å². The summed E-state index contributed by atoms with van der Waals surface area (Å²) < 4.78 is 0. The molecule has 102 valence electrons. The number of piperazine rings is 1. The fraction of sp³-hybridized carbons (Fsp3) is 0.857. The first kappa shape index (κ1) is 13.4. The summed E-state index contributed by atoms with van der Waals surface area (Å²) in [4.78, 5) is 26.0. The third-order valence-electron chi connectivity index (χ3n) is 3.99. The van der Waals surface area contributed by atoms with Crippen molar-refractivity contribution in [2.75, 3.05) is 13.1 Å². The van der Waals surface area contributed by atoms with Crippen molar-refractivity contribution in [2.45, 2.75) is 52.5 Å². The molecule has 1 heterocycles. The van der Waals surface area contributed by atoms with E-state index in [2.05, 4.69) is 26.1 Å². The molecule has 0 aromatic carbocycles. The SMILES string of the molecule is CC(C)(C)CCN1CC(=O)NC(C)(C2CC2)C1=O. The highest BCUT2D eigenvalue weighted by Crippen LogP contribution is 2.41. The number of rotatable bonds is 3. The summed E-state index contributed by atoms with van der Waals surface area (Å²) in [5.41, 5.74) is -0.461. The summed E-state index contributed by atoms with van der Waals surface area (Å²) in [6, 6.07) is 0. The molecule has 1 aliphatic carbocycles. The van der Waals surface area contributed by atoms with Crippen molar-refractivity contribution in [2.24, 2.45) is 11.3 Å². The smallest absolute Gasteiger partial charge is 0.248 e. The zero-order chi connectivity index (χ0) is 13.6. The lowest BCUT2D eigenvalue weighted by Crippen LogP contribution is -2.66. The van der Waals surface area contributed by atoms with Crippen molar-refractivity contribution in [3.8, 4) is 0 Å². The van der Waals surface area contributed by atoms with E-state index in [0.29, 0.717) is 12.5 Å². The minimum Gasteiger partial charge on any atom is -0.340 e. The van der Waals surface area contributed by atoms with E-state index < -0.39 is 5.54 Å². The predicted octanol–water partition coefficient (Wildman–Crippen LogP) is 1.55. The molecule has 0 aromatic rings. The number of nitrogens with one attached hydrogen (secondary N) is 1. The van der Waals surface area contributed by atoms with Crippen molar-refractivity contribution in [3.05, 3.63) is 0 Å². The van der Waals surface area contributed by atoms with Crippen molar-refractivity contribution in [1.82, 2.24) is 10.2 Å².